The molecule has 0 unspecified atom stereocenters. The van der Waals surface area contributed by atoms with Gasteiger partial charge in [0.1, 0.15) is 17.9 Å². The lowest BCUT2D eigenvalue weighted by atomic mass is 10.1. The van der Waals surface area contributed by atoms with Gasteiger partial charge in [-0.05, 0) is 54.8 Å². The van der Waals surface area contributed by atoms with Crippen LogP contribution in [0.25, 0.3) is 0 Å². The van der Waals surface area contributed by atoms with Crippen LogP contribution >= 0.6 is 0 Å². The summed E-state index contributed by atoms with van der Waals surface area (Å²) in [5, 5.41) is 0. The molecule has 0 heterocycles. The summed E-state index contributed by atoms with van der Waals surface area (Å²) in [7, 11) is 0. The smallest absolute Gasteiger partial charge is 0.150 e. The summed E-state index contributed by atoms with van der Waals surface area (Å²) in [6.45, 7) is 0.595. The van der Waals surface area contributed by atoms with Gasteiger partial charge in [-0.25, -0.2) is 4.39 Å². The molecule has 2 aromatic carbocycles. The van der Waals surface area contributed by atoms with Gasteiger partial charge in [0.2, 0.25) is 0 Å². The summed E-state index contributed by atoms with van der Waals surface area (Å²) in [5.41, 5.74) is 1.74. The van der Waals surface area contributed by atoms with E-state index in [0.29, 0.717) is 12.2 Å². The van der Waals surface area contributed by atoms with Crippen molar-refractivity contribution in [2.24, 2.45) is 0 Å². The van der Waals surface area contributed by atoms with Crippen LogP contribution in [0.4, 0.5) is 4.39 Å². The Morgan fingerprint density at radius 3 is 2.32 bits per heavy atom. The van der Waals surface area contributed by atoms with Crippen molar-refractivity contribution in [1.82, 2.24) is 0 Å². The van der Waals surface area contributed by atoms with Crippen molar-refractivity contribution in [1.29, 1.82) is 0 Å². The third kappa shape index (κ3) is 4.21. The fourth-order valence-electron chi connectivity index (χ4n) is 1.76. The molecule has 0 aromatic heterocycles. The first-order chi connectivity index (χ1) is 9.28. The molecular weight excluding hydrogens is 243 g/mol. The van der Waals surface area contributed by atoms with E-state index in [-0.39, 0.29) is 5.82 Å². The van der Waals surface area contributed by atoms with Gasteiger partial charge in [0, 0.05) is 5.56 Å². The molecule has 98 valence electrons. The zero-order valence-electron chi connectivity index (χ0n) is 10.5. The summed E-state index contributed by atoms with van der Waals surface area (Å²) in [6.07, 6.45) is 2.52. The summed E-state index contributed by atoms with van der Waals surface area (Å²) < 4.78 is 18.3. The van der Waals surface area contributed by atoms with Crippen molar-refractivity contribution < 1.29 is 13.9 Å². The first kappa shape index (κ1) is 13.3. The highest BCUT2D eigenvalue weighted by atomic mass is 19.1. The highest BCUT2D eigenvalue weighted by Gasteiger charge is 1.97. The fraction of sp³-hybridized carbons (Fsp3) is 0.188. The molecule has 2 aromatic rings. The molecule has 2 nitrogen and oxygen atoms in total. The largest absolute Gasteiger partial charge is 0.494 e. The molecule has 0 bridgehead atoms. The third-order valence-electron chi connectivity index (χ3n) is 2.81. The molecule has 0 aliphatic heterocycles. The second-order valence-corrected chi connectivity index (χ2v) is 4.27. The minimum absolute atomic E-state index is 0.213. The van der Waals surface area contributed by atoms with Crippen molar-refractivity contribution in [3.05, 3.63) is 65.5 Å². The van der Waals surface area contributed by atoms with Crippen LogP contribution in [0.3, 0.4) is 0 Å². The van der Waals surface area contributed by atoms with Gasteiger partial charge >= 0.3 is 0 Å². The number of hydrogen-bond donors (Lipinski definition) is 0. The molecule has 0 saturated carbocycles. The fourth-order valence-corrected chi connectivity index (χ4v) is 1.76. The van der Waals surface area contributed by atoms with Crippen LogP contribution in [0.2, 0.25) is 0 Å². The topological polar surface area (TPSA) is 26.3 Å². The van der Waals surface area contributed by atoms with Crippen molar-refractivity contribution >= 4 is 6.29 Å². The Kier molecular flexibility index (Phi) is 4.67. The van der Waals surface area contributed by atoms with E-state index in [2.05, 4.69) is 0 Å². The molecule has 0 radical (unpaired) electrons. The summed E-state index contributed by atoms with van der Waals surface area (Å²) in [4.78, 5) is 10.5. The number of hydrogen-bond acceptors (Lipinski definition) is 2. The molecule has 19 heavy (non-hydrogen) atoms. The Morgan fingerprint density at radius 1 is 1.00 bits per heavy atom. The molecule has 0 saturated heterocycles. The number of benzene rings is 2. The number of aryl methyl sites for hydroxylation is 1. The van der Waals surface area contributed by atoms with Gasteiger partial charge in [0.05, 0.1) is 6.61 Å². The Balaban J connectivity index is 1.74. The Labute approximate surface area is 111 Å². The standard InChI is InChI=1S/C16H15FO2/c17-15-7-3-13(4-8-15)2-1-11-19-16-9-5-14(12-18)6-10-16/h3-10,12H,1-2,11H2. The summed E-state index contributed by atoms with van der Waals surface area (Å²) in [5.74, 6) is 0.542. The van der Waals surface area contributed by atoms with Gasteiger partial charge in [-0.1, -0.05) is 12.1 Å². The minimum atomic E-state index is -0.213. The van der Waals surface area contributed by atoms with Gasteiger partial charge in [0.25, 0.3) is 0 Å². The van der Waals surface area contributed by atoms with Crippen molar-refractivity contribution in [3.63, 3.8) is 0 Å². The number of rotatable bonds is 6. The van der Waals surface area contributed by atoms with Crippen molar-refractivity contribution in [2.45, 2.75) is 12.8 Å². The van der Waals surface area contributed by atoms with Crippen LogP contribution in [0.15, 0.2) is 48.5 Å². The average molecular weight is 258 g/mol. The monoisotopic (exact) mass is 258 g/mol. The van der Waals surface area contributed by atoms with E-state index in [1.807, 2.05) is 0 Å². The Morgan fingerprint density at radius 2 is 1.68 bits per heavy atom. The quantitative estimate of drug-likeness (QED) is 0.584. The lowest BCUT2D eigenvalue weighted by Crippen LogP contribution is -1.99. The van der Waals surface area contributed by atoms with E-state index in [1.165, 1.54) is 12.1 Å². The van der Waals surface area contributed by atoms with Crippen molar-refractivity contribution in [3.8, 4) is 5.75 Å². The van der Waals surface area contributed by atoms with Crippen LogP contribution in [0.5, 0.6) is 5.75 Å². The normalized spacial score (nSPS) is 10.2. The molecule has 0 atom stereocenters. The molecule has 0 aliphatic rings. The predicted molar refractivity (Wildman–Crippen MR) is 72.0 cm³/mol. The van der Waals surface area contributed by atoms with Gasteiger partial charge in [0.15, 0.2) is 0 Å². The molecule has 0 aliphatic carbocycles. The summed E-state index contributed by atoms with van der Waals surface area (Å²) >= 11 is 0. The van der Waals surface area contributed by atoms with Gasteiger partial charge in [-0.15, -0.1) is 0 Å². The van der Waals surface area contributed by atoms with Crippen LogP contribution < -0.4 is 4.74 Å². The SMILES string of the molecule is O=Cc1ccc(OCCCc2ccc(F)cc2)cc1. The number of carbonyl (C=O) groups excluding carboxylic acids is 1. The number of ether oxygens (including phenoxy) is 1. The Bertz CT molecular complexity index is 517. The lowest BCUT2D eigenvalue weighted by molar-refractivity contribution is 0.112. The molecule has 0 amide bonds. The van der Waals surface area contributed by atoms with E-state index in [9.17, 15) is 9.18 Å². The van der Waals surface area contributed by atoms with Crippen molar-refractivity contribution in [2.75, 3.05) is 6.61 Å². The number of carbonyl (C=O) groups is 1. The molecule has 0 N–H and O–H groups in total. The van der Waals surface area contributed by atoms with Crippen LogP contribution in [0.1, 0.15) is 22.3 Å². The number of aldehydes is 1. The molecular formula is C16H15FO2. The van der Waals surface area contributed by atoms with E-state index in [0.717, 1.165) is 30.4 Å². The zero-order valence-corrected chi connectivity index (χ0v) is 10.5. The highest BCUT2D eigenvalue weighted by Crippen LogP contribution is 2.12. The first-order valence-corrected chi connectivity index (χ1v) is 6.20. The third-order valence-corrected chi connectivity index (χ3v) is 2.81. The van der Waals surface area contributed by atoms with Crippen LogP contribution in [0, 0.1) is 5.82 Å². The lowest BCUT2D eigenvalue weighted by Gasteiger charge is -2.06. The average Bonchev–Trinajstić information content (AvgIpc) is 2.46. The predicted octanol–water partition coefficient (Wildman–Crippen LogP) is 3.65. The van der Waals surface area contributed by atoms with E-state index < -0.39 is 0 Å². The van der Waals surface area contributed by atoms with Gasteiger partial charge < -0.3 is 4.74 Å². The second kappa shape index (κ2) is 6.69. The summed E-state index contributed by atoms with van der Waals surface area (Å²) in [6, 6.07) is 13.5. The van der Waals surface area contributed by atoms with E-state index in [1.54, 1.807) is 36.4 Å². The molecule has 3 heteroatoms. The maximum Gasteiger partial charge on any atom is 0.150 e. The maximum atomic E-state index is 12.7. The Hall–Kier alpha value is -2.16. The zero-order chi connectivity index (χ0) is 13.5. The van der Waals surface area contributed by atoms with E-state index >= 15 is 0 Å². The second-order valence-electron chi connectivity index (χ2n) is 4.27. The molecule has 0 spiro atoms. The molecule has 0 fully saturated rings. The van der Waals surface area contributed by atoms with E-state index in [4.69, 9.17) is 4.74 Å². The minimum Gasteiger partial charge on any atom is -0.494 e. The first-order valence-electron chi connectivity index (χ1n) is 6.20. The maximum absolute atomic E-state index is 12.7. The molecule has 2 rings (SSSR count). The van der Waals surface area contributed by atoms with Crippen LogP contribution in [-0.2, 0) is 6.42 Å². The highest BCUT2D eigenvalue weighted by molar-refractivity contribution is 5.74. The van der Waals surface area contributed by atoms with Gasteiger partial charge in [-0.3, -0.25) is 4.79 Å². The van der Waals surface area contributed by atoms with Gasteiger partial charge in [-0.2, -0.15) is 0 Å². The number of halogens is 1. The van der Waals surface area contributed by atoms with Crippen LogP contribution in [-0.4, -0.2) is 12.9 Å².